The summed E-state index contributed by atoms with van der Waals surface area (Å²) in [5, 5.41) is 9.82. The highest BCUT2D eigenvalue weighted by Crippen LogP contribution is 2.42. The Labute approximate surface area is 220 Å². The van der Waals surface area contributed by atoms with Crippen LogP contribution in [-0.4, -0.2) is 38.8 Å². The molecule has 0 aromatic carbocycles. The largest absolute Gasteiger partial charge is 0.479 e. The molecule has 0 fully saturated rings. The van der Waals surface area contributed by atoms with Crippen molar-refractivity contribution >= 4 is 40.6 Å². The molecule has 0 spiro atoms. The van der Waals surface area contributed by atoms with Crippen LogP contribution in [0.3, 0.4) is 0 Å². The zero-order chi connectivity index (χ0) is 26.6. The summed E-state index contributed by atoms with van der Waals surface area (Å²) in [5.41, 5.74) is 17.9. The van der Waals surface area contributed by atoms with E-state index in [2.05, 4.69) is 27.7 Å². The molecule has 8 heteroatoms. The summed E-state index contributed by atoms with van der Waals surface area (Å²) >= 11 is 1.07. The Kier molecular flexibility index (Phi) is 6.12. The van der Waals surface area contributed by atoms with E-state index in [-0.39, 0.29) is 0 Å². The van der Waals surface area contributed by atoms with Gasteiger partial charge in [-0.2, -0.15) is 0 Å². The van der Waals surface area contributed by atoms with Crippen molar-refractivity contribution in [2.75, 3.05) is 0 Å². The first-order valence-corrected chi connectivity index (χ1v) is 13.0. The van der Waals surface area contributed by atoms with Crippen molar-refractivity contribution in [1.82, 2.24) is 0 Å². The van der Waals surface area contributed by atoms with Crippen LogP contribution in [0.2, 0.25) is 0 Å². The Bertz CT molecular complexity index is 1550. The van der Waals surface area contributed by atoms with Crippen molar-refractivity contribution in [2.45, 2.75) is 52.8 Å². The van der Waals surface area contributed by atoms with Gasteiger partial charge in [0.1, 0.15) is 0 Å². The fourth-order valence-corrected chi connectivity index (χ4v) is 5.75. The van der Waals surface area contributed by atoms with Crippen LogP contribution in [0.1, 0.15) is 48.0 Å². The van der Waals surface area contributed by atoms with Crippen molar-refractivity contribution in [1.29, 1.82) is 0 Å². The molecular weight excluding hydrogens is 482 g/mol. The first-order chi connectivity index (χ1) is 17.5. The van der Waals surface area contributed by atoms with E-state index in [1.807, 2.05) is 43.4 Å². The number of rotatable bonds is 4. The molecule has 0 aromatic heterocycles. The molecule has 0 aliphatic carbocycles. The second-order valence-electron chi connectivity index (χ2n) is 9.67. The first kappa shape index (κ1) is 25.0. The lowest BCUT2D eigenvalue weighted by Crippen LogP contribution is -2.41. The van der Waals surface area contributed by atoms with Gasteiger partial charge in [-0.1, -0.05) is 18.7 Å². The molecule has 188 valence electrons. The monoisotopic (exact) mass is 511 g/mol. The highest BCUT2D eigenvalue weighted by molar-refractivity contribution is 8.06. The minimum absolute atomic E-state index is 0.636. The zero-order valence-corrected chi connectivity index (χ0v) is 22.6. The second kappa shape index (κ2) is 9.04. The Morgan fingerprint density at radius 2 is 1.59 bits per heavy atom. The highest BCUT2D eigenvalue weighted by Gasteiger charge is 2.36. The van der Waals surface area contributed by atoms with Gasteiger partial charge in [0.15, 0.2) is 4.87 Å². The standard InChI is InChI=1S/C29H29N5O2S/c1-7-21-16(4)25-17(5)24-15(3)14(2)23(33-24)13-20-9-8-18(31-20)12-19-10-11-22(32-19)27(26(21)34-25)37-29(6,30)28(35)36/h8-13H,7,30H2,1-6H3,(H,35,36). The number of allylic oxidation sites excluding steroid dienone is 12. The summed E-state index contributed by atoms with van der Waals surface area (Å²) in [7, 11) is 0. The van der Waals surface area contributed by atoms with Gasteiger partial charge < -0.3 is 10.8 Å². The third kappa shape index (κ3) is 4.30. The number of thioether (sulfide) groups is 1. The maximum absolute atomic E-state index is 12.0. The van der Waals surface area contributed by atoms with Crippen molar-refractivity contribution in [3.8, 4) is 0 Å². The zero-order valence-electron chi connectivity index (χ0n) is 21.8. The van der Waals surface area contributed by atoms with Crippen LogP contribution in [0.4, 0.5) is 0 Å². The van der Waals surface area contributed by atoms with Crippen LogP contribution in [0.15, 0.2) is 112 Å². The van der Waals surface area contributed by atoms with E-state index < -0.39 is 10.8 Å². The van der Waals surface area contributed by atoms with Gasteiger partial charge in [-0.25, -0.2) is 24.8 Å². The van der Waals surface area contributed by atoms with Crippen LogP contribution in [-0.2, 0) is 4.79 Å². The maximum Gasteiger partial charge on any atom is 0.334 e. The predicted molar refractivity (Wildman–Crippen MR) is 153 cm³/mol. The summed E-state index contributed by atoms with van der Waals surface area (Å²) < 4.78 is 0. The molecule has 7 nitrogen and oxygen atoms in total. The molecule has 0 amide bonds. The summed E-state index contributed by atoms with van der Waals surface area (Å²) in [6.07, 6.45) is 12.4. The van der Waals surface area contributed by atoms with Crippen molar-refractivity contribution in [2.24, 2.45) is 25.7 Å². The van der Waals surface area contributed by atoms with Crippen LogP contribution in [0.5, 0.6) is 0 Å². The van der Waals surface area contributed by atoms with E-state index in [1.54, 1.807) is 0 Å². The normalized spacial score (nSPS) is 22.4. The smallest absolute Gasteiger partial charge is 0.334 e. The Morgan fingerprint density at radius 1 is 0.892 bits per heavy atom. The molecule has 3 N–H and O–H groups in total. The molecule has 37 heavy (non-hydrogen) atoms. The number of nitrogens with two attached hydrogens (primary N) is 1. The number of aliphatic imine (C=N–C) groups is 4. The molecule has 1 atom stereocenters. The number of carboxylic acid groups (broad SMARTS) is 1. The number of hydrogen-bond donors (Lipinski definition) is 2. The van der Waals surface area contributed by atoms with Gasteiger partial charge in [-0.15, -0.1) is 0 Å². The van der Waals surface area contributed by atoms with Crippen molar-refractivity contribution < 1.29 is 9.90 Å². The molecule has 8 bridgehead atoms. The van der Waals surface area contributed by atoms with Crippen LogP contribution in [0, 0.1) is 0 Å². The fraction of sp³-hybridized carbons (Fsp3) is 0.276. The summed E-state index contributed by atoms with van der Waals surface area (Å²) in [6.45, 7) is 11.8. The maximum atomic E-state index is 12.0. The van der Waals surface area contributed by atoms with E-state index in [9.17, 15) is 9.90 Å². The van der Waals surface area contributed by atoms with Crippen LogP contribution in [0.25, 0.3) is 0 Å². The number of nitrogens with zero attached hydrogens (tertiary/aromatic N) is 4. The van der Waals surface area contributed by atoms with Crippen molar-refractivity contribution in [3.05, 3.63) is 92.0 Å². The van der Waals surface area contributed by atoms with Gasteiger partial charge in [0, 0.05) is 5.57 Å². The quantitative estimate of drug-likeness (QED) is 0.469. The molecule has 0 aromatic rings. The van der Waals surface area contributed by atoms with Crippen molar-refractivity contribution in [3.63, 3.8) is 0 Å². The third-order valence-electron chi connectivity index (χ3n) is 7.03. The minimum atomic E-state index is -1.57. The van der Waals surface area contributed by atoms with Crippen LogP contribution >= 0.6 is 11.8 Å². The SMILES string of the molecule is CCC1=C(C)C2=C(C)C3=NC(=CC4=NC(=CC5=NC(=C(SC(C)(N)C(=O)O)C1=N2)C=C5)C=C4)C(C)=C3C. The molecule has 5 rings (SSSR count). The molecular formula is C29H29N5O2S. The Balaban J connectivity index is 1.81. The molecule has 5 heterocycles. The lowest BCUT2D eigenvalue weighted by molar-refractivity contribution is -0.139. The summed E-state index contributed by atoms with van der Waals surface area (Å²) in [5.74, 6) is -1.11. The fourth-order valence-electron chi connectivity index (χ4n) is 4.75. The number of hydrogen-bond acceptors (Lipinski definition) is 7. The highest BCUT2D eigenvalue weighted by atomic mass is 32.2. The lowest BCUT2D eigenvalue weighted by Gasteiger charge is -2.22. The summed E-state index contributed by atoms with van der Waals surface area (Å²) in [4.78, 5) is 30.7. The van der Waals surface area contributed by atoms with Gasteiger partial charge in [0.05, 0.1) is 50.5 Å². The van der Waals surface area contributed by atoms with E-state index in [0.29, 0.717) is 10.6 Å². The molecule has 0 radical (unpaired) electrons. The average Bonchev–Trinajstić information content (AvgIpc) is 3.61. The van der Waals surface area contributed by atoms with E-state index in [0.717, 1.165) is 86.0 Å². The number of aliphatic carboxylic acids is 1. The number of carbonyl (C=O) groups is 1. The van der Waals surface area contributed by atoms with E-state index in [1.165, 1.54) is 6.92 Å². The third-order valence-corrected chi connectivity index (χ3v) is 8.23. The van der Waals surface area contributed by atoms with Crippen LogP contribution < -0.4 is 5.73 Å². The number of fused-ring (bicyclic) bond motifs is 4. The van der Waals surface area contributed by atoms with E-state index >= 15 is 0 Å². The van der Waals surface area contributed by atoms with E-state index in [4.69, 9.17) is 25.7 Å². The average molecular weight is 512 g/mol. The predicted octanol–water partition coefficient (Wildman–Crippen LogP) is 5.74. The Morgan fingerprint density at radius 3 is 2.30 bits per heavy atom. The number of carboxylic acids is 1. The molecule has 0 saturated carbocycles. The minimum Gasteiger partial charge on any atom is -0.479 e. The topological polar surface area (TPSA) is 113 Å². The van der Waals surface area contributed by atoms with Gasteiger partial charge in [0.2, 0.25) is 0 Å². The molecule has 5 aliphatic rings. The molecule has 0 saturated heterocycles. The van der Waals surface area contributed by atoms with Gasteiger partial charge in [0.25, 0.3) is 0 Å². The lowest BCUT2D eigenvalue weighted by atomic mass is 9.96. The van der Waals surface area contributed by atoms with Gasteiger partial charge >= 0.3 is 5.97 Å². The van der Waals surface area contributed by atoms with Gasteiger partial charge in [-0.05, 0) is 99.8 Å². The summed E-state index contributed by atoms with van der Waals surface area (Å²) in [6, 6.07) is 0. The first-order valence-electron chi connectivity index (χ1n) is 12.2. The molecule has 1 unspecified atom stereocenters. The second-order valence-corrected chi connectivity index (χ2v) is 11.1. The Hall–Kier alpha value is -3.62. The molecule has 5 aliphatic heterocycles. The van der Waals surface area contributed by atoms with Gasteiger partial charge in [-0.3, -0.25) is 0 Å².